The number of hydrogen-bond donors (Lipinski definition) is 3. The van der Waals surface area contributed by atoms with Crippen LogP contribution in [0.25, 0.3) is 22.4 Å². The monoisotopic (exact) mass is 429 g/mol. The molecular weight excluding hydrogens is 409 g/mol. The van der Waals surface area contributed by atoms with E-state index in [4.69, 9.17) is 5.73 Å². The Morgan fingerprint density at radius 2 is 1.88 bits per heavy atom. The first kappa shape index (κ1) is 21.1. The molecule has 3 aromatic heterocycles. The van der Waals surface area contributed by atoms with Crippen molar-refractivity contribution in [1.82, 2.24) is 15.0 Å². The topological polar surface area (TPSA) is 114 Å². The summed E-state index contributed by atoms with van der Waals surface area (Å²) in [7, 11) is 0. The number of carbonyl (C=O) groups is 1. The summed E-state index contributed by atoms with van der Waals surface area (Å²) < 4.78 is 14.2. The second-order valence-electron chi connectivity index (χ2n) is 7.17. The molecular formula is C24H20FN5O2. The number of nitrogens with one attached hydrogen (secondary N) is 1. The first-order valence-corrected chi connectivity index (χ1v) is 9.84. The molecule has 0 fully saturated rings. The molecule has 1 atom stereocenters. The first-order valence-electron chi connectivity index (χ1n) is 9.84. The summed E-state index contributed by atoms with van der Waals surface area (Å²) in [5.74, 6) is -1.01. The summed E-state index contributed by atoms with van der Waals surface area (Å²) in [6.07, 6.45) is 5.60. The highest BCUT2D eigenvalue weighted by Crippen LogP contribution is 2.29. The fourth-order valence-electron chi connectivity index (χ4n) is 3.23. The molecule has 8 heteroatoms. The number of halogens is 1. The molecule has 0 saturated carbocycles. The fourth-order valence-corrected chi connectivity index (χ4v) is 3.23. The lowest BCUT2D eigenvalue weighted by atomic mass is 10.0. The van der Waals surface area contributed by atoms with Crippen molar-refractivity contribution in [2.75, 3.05) is 11.1 Å². The van der Waals surface area contributed by atoms with Crippen molar-refractivity contribution in [3.8, 4) is 22.4 Å². The predicted octanol–water partition coefficient (Wildman–Crippen LogP) is 4.23. The Labute approximate surface area is 183 Å². The Bertz CT molecular complexity index is 1290. The molecule has 0 aliphatic rings. The maximum atomic E-state index is 14.2. The summed E-state index contributed by atoms with van der Waals surface area (Å²) in [4.78, 5) is 25.6. The van der Waals surface area contributed by atoms with Gasteiger partial charge in [0.25, 0.3) is 5.91 Å². The van der Waals surface area contributed by atoms with Gasteiger partial charge in [-0.2, -0.15) is 0 Å². The quantitative estimate of drug-likeness (QED) is 0.437. The lowest BCUT2D eigenvalue weighted by Gasteiger charge is -2.13. The van der Waals surface area contributed by atoms with Gasteiger partial charge in [-0.3, -0.25) is 14.8 Å². The Balaban J connectivity index is 1.68. The summed E-state index contributed by atoms with van der Waals surface area (Å²) >= 11 is 0. The van der Waals surface area contributed by atoms with E-state index in [1.54, 1.807) is 61.9 Å². The molecule has 0 bridgehead atoms. The zero-order chi connectivity index (χ0) is 22.7. The second-order valence-corrected chi connectivity index (χ2v) is 7.17. The number of aliphatic hydroxyl groups excluding tert-OH is 1. The summed E-state index contributed by atoms with van der Waals surface area (Å²) in [5, 5.41) is 12.6. The highest BCUT2D eigenvalue weighted by atomic mass is 19.1. The molecule has 4 rings (SSSR count). The third-order valence-corrected chi connectivity index (χ3v) is 4.91. The number of nitrogen functional groups attached to an aromatic ring is 1. The number of hydrogen-bond acceptors (Lipinski definition) is 6. The van der Waals surface area contributed by atoms with Crippen LogP contribution in [0.1, 0.15) is 29.1 Å². The van der Waals surface area contributed by atoms with Gasteiger partial charge in [-0.25, -0.2) is 9.37 Å². The SMILES string of the molecule is CC(O)c1cncc(-c2ccncc2NC(=O)c2nc(-c3ccccc3F)ccc2N)c1. The maximum absolute atomic E-state index is 14.2. The van der Waals surface area contributed by atoms with Crippen LogP contribution in [0.15, 0.2) is 73.3 Å². The van der Waals surface area contributed by atoms with Crippen molar-refractivity contribution in [3.05, 3.63) is 90.4 Å². The van der Waals surface area contributed by atoms with Gasteiger partial charge >= 0.3 is 0 Å². The van der Waals surface area contributed by atoms with Crippen molar-refractivity contribution in [2.45, 2.75) is 13.0 Å². The van der Waals surface area contributed by atoms with E-state index in [0.717, 1.165) is 0 Å². The zero-order valence-electron chi connectivity index (χ0n) is 17.2. The highest BCUT2D eigenvalue weighted by molar-refractivity contribution is 6.08. The number of nitrogens with zero attached hydrogens (tertiary/aromatic N) is 3. The van der Waals surface area contributed by atoms with Crippen molar-refractivity contribution in [1.29, 1.82) is 0 Å². The van der Waals surface area contributed by atoms with Crippen molar-refractivity contribution in [3.63, 3.8) is 0 Å². The van der Waals surface area contributed by atoms with Gasteiger partial charge in [0.05, 0.1) is 29.4 Å². The number of aliphatic hydroxyl groups is 1. The van der Waals surface area contributed by atoms with E-state index in [1.165, 1.54) is 18.3 Å². The maximum Gasteiger partial charge on any atom is 0.276 e. The van der Waals surface area contributed by atoms with E-state index >= 15 is 0 Å². The number of aromatic nitrogens is 3. The number of anilines is 2. The van der Waals surface area contributed by atoms with Crippen LogP contribution in [0.3, 0.4) is 0 Å². The number of benzene rings is 1. The molecule has 1 amide bonds. The van der Waals surface area contributed by atoms with Gasteiger partial charge in [0.2, 0.25) is 0 Å². The highest BCUT2D eigenvalue weighted by Gasteiger charge is 2.17. The summed E-state index contributed by atoms with van der Waals surface area (Å²) in [6, 6.07) is 12.8. The normalized spacial score (nSPS) is 11.7. The number of pyridine rings is 3. The molecule has 0 radical (unpaired) electrons. The van der Waals surface area contributed by atoms with Gasteiger partial charge in [-0.15, -0.1) is 0 Å². The molecule has 0 spiro atoms. The minimum absolute atomic E-state index is 0.0311. The predicted molar refractivity (Wildman–Crippen MR) is 120 cm³/mol. The van der Waals surface area contributed by atoms with Crippen LogP contribution < -0.4 is 11.1 Å². The van der Waals surface area contributed by atoms with Gasteiger partial charge in [0.15, 0.2) is 5.69 Å². The van der Waals surface area contributed by atoms with Crippen molar-refractivity contribution < 1.29 is 14.3 Å². The average molecular weight is 429 g/mol. The van der Waals surface area contributed by atoms with Gasteiger partial charge in [-0.1, -0.05) is 12.1 Å². The molecule has 160 valence electrons. The average Bonchev–Trinajstić information content (AvgIpc) is 2.80. The van der Waals surface area contributed by atoms with Crippen LogP contribution in [0.4, 0.5) is 15.8 Å². The Morgan fingerprint density at radius 1 is 1.06 bits per heavy atom. The number of amides is 1. The molecule has 7 nitrogen and oxygen atoms in total. The van der Waals surface area contributed by atoms with Gasteiger partial charge in [-0.05, 0) is 48.9 Å². The third-order valence-electron chi connectivity index (χ3n) is 4.91. The molecule has 4 aromatic rings. The zero-order valence-corrected chi connectivity index (χ0v) is 17.2. The van der Waals surface area contributed by atoms with Crippen LogP contribution >= 0.6 is 0 Å². The van der Waals surface area contributed by atoms with E-state index in [-0.39, 0.29) is 16.9 Å². The van der Waals surface area contributed by atoms with Gasteiger partial charge in [0, 0.05) is 35.3 Å². The molecule has 1 aromatic carbocycles. The van der Waals surface area contributed by atoms with Crippen LogP contribution in [-0.4, -0.2) is 26.0 Å². The fraction of sp³-hybridized carbons (Fsp3) is 0.0833. The van der Waals surface area contributed by atoms with Crippen LogP contribution in [-0.2, 0) is 0 Å². The number of nitrogens with two attached hydrogens (primary N) is 1. The lowest BCUT2D eigenvalue weighted by Crippen LogP contribution is -2.17. The van der Waals surface area contributed by atoms with Crippen LogP contribution in [0.5, 0.6) is 0 Å². The molecule has 0 saturated heterocycles. The standard InChI is InChI=1S/C24H20FN5O2/c1-14(31)15-10-16(12-28-11-15)17-8-9-27-13-22(17)30-24(32)23-20(26)6-7-21(29-23)18-4-2-3-5-19(18)25/h2-14,31H,26H2,1H3,(H,30,32). The molecule has 4 N–H and O–H groups in total. The molecule has 3 heterocycles. The van der Waals surface area contributed by atoms with Crippen LogP contribution in [0, 0.1) is 5.82 Å². The Hall–Kier alpha value is -4.17. The lowest BCUT2D eigenvalue weighted by molar-refractivity contribution is 0.102. The van der Waals surface area contributed by atoms with E-state index in [2.05, 4.69) is 20.3 Å². The number of carbonyl (C=O) groups excluding carboxylic acids is 1. The smallest absolute Gasteiger partial charge is 0.276 e. The minimum atomic E-state index is -0.688. The van der Waals surface area contributed by atoms with Crippen molar-refractivity contribution in [2.24, 2.45) is 0 Å². The van der Waals surface area contributed by atoms with E-state index in [9.17, 15) is 14.3 Å². The third kappa shape index (κ3) is 4.30. The van der Waals surface area contributed by atoms with Crippen LogP contribution in [0.2, 0.25) is 0 Å². The largest absolute Gasteiger partial charge is 0.397 e. The Morgan fingerprint density at radius 3 is 2.66 bits per heavy atom. The van der Waals surface area contributed by atoms with E-state index in [1.807, 2.05) is 0 Å². The number of rotatable bonds is 5. The van der Waals surface area contributed by atoms with E-state index < -0.39 is 17.8 Å². The van der Waals surface area contributed by atoms with Crippen molar-refractivity contribution >= 4 is 17.3 Å². The van der Waals surface area contributed by atoms with Gasteiger partial charge in [0.1, 0.15) is 5.82 Å². The second kappa shape index (κ2) is 8.91. The Kier molecular flexibility index (Phi) is 5.87. The molecule has 0 aliphatic heterocycles. The first-order chi connectivity index (χ1) is 15.4. The molecule has 32 heavy (non-hydrogen) atoms. The minimum Gasteiger partial charge on any atom is -0.397 e. The van der Waals surface area contributed by atoms with Gasteiger partial charge < -0.3 is 16.2 Å². The summed E-state index contributed by atoms with van der Waals surface area (Å²) in [5.41, 5.74) is 9.09. The molecule has 0 aliphatic carbocycles. The molecule has 1 unspecified atom stereocenters. The summed E-state index contributed by atoms with van der Waals surface area (Å²) in [6.45, 7) is 1.65. The van der Waals surface area contributed by atoms with E-state index in [0.29, 0.717) is 28.1 Å².